The first-order valence-electron chi connectivity index (χ1n) is 1.42. The third kappa shape index (κ3) is 4.56. The quantitative estimate of drug-likeness (QED) is 0.123. The maximum absolute atomic E-state index is 7.68. The van der Waals surface area contributed by atoms with Crippen LogP contribution in [-0.4, -0.2) is 6.34 Å². The molecule has 0 radical (unpaired) electrons. The van der Waals surface area contributed by atoms with Crippen LogP contribution in [0.1, 0.15) is 0 Å². The number of nitrogens with two attached hydrogens (primary N) is 1. The van der Waals surface area contributed by atoms with Gasteiger partial charge in [-0.15, -0.1) is 5.11 Å². The van der Waals surface area contributed by atoms with Crippen LogP contribution in [0.4, 0.5) is 0 Å². The lowest BCUT2D eigenvalue weighted by molar-refractivity contribution is 1.21. The molecule has 0 bridgehead atoms. The van der Waals surface area contributed by atoms with Gasteiger partial charge in [0.15, 0.2) is 6.34 Å². The second-order valence-electron chi connectivity index (χ2n) is 0.580. The first kappa shape index (κ1) is 5.56. The molecule has 0 aliphatic heterocycles. The van der Waals surface area contributed by atoms with Crippen molar-refractivity contribution >= 4 is 6.34 Å². The number of nitriles is 1. The Labute approximate surface area is 40.1 Å². The van der Waals surface area contributed by atoms with Crippen LogP contribution in [-0.2, 0) is 0 Å². The monoisotopic (exact) mass is 97.0 g/mol. The van der Waals surface area contributed by atoms with Crippen molar-refractivity contribution in [3.8, 4) is 6.19 Å². The largest absolute Gasteiger partial charge is 0.322 e. The zero-order valence-corrected chi connectivity index (χ0v) is 3.44. The molecule has 0 atom stereocenters. The summed E-state index contributed by atoms with van der Waals surface area (Å²) in [6, 6.07) is 0. The number of nitrogens with zero attached hydrogens (tertiary/aromatic N) is 4. The van der Waals surface area contributed by atoms with Crippen molar-refractivity contribution < 1.29 is 0 Å². The molecule has 0 aliphatic carbocycles. The topological polar surface area (TPSA) is 86.9 Å². The van der Waals surface area contributed by atoms with E-state index in [9.17, 15) is 0 Å². The van der Waals surface area contributed by atoms with Crippen LogP contribution in [0.15, 0.2) is 15.3 Å². The number of hydrazone groups is 1. The fourth-order valence-electron chi connectivity index (χ4n) is 0.0815. The summed E-state index contributed by atoms with van der Waals surface area (Å²) in [6.45, 7) is 0. The number of hydrogen-bond donors (Lipinski definition) is 1. The van der Waals surface area contributed by atoms with Crippen LogP contribution in [0.3, 0.4) is 0 Å². The maximum Gasteiger partial charge on any atom is 0.226 e. The molecule has 0 heterocycles. The van der Waals surface area contributed by atoms with E-state index in [1.807, 2.05) is 0 Å². The summed E-state index contributed by atoms with van der Waals surface area (Å²) in [6.07, 6.45) is 2.39. The van der Waals surface area contributed by atoms with Crippen molar-refractivity contribution in [3.05, 3.63) is 0 Å². The molecular formula is C2H3N5. The molecule has 0 amide bonds. The van der Waals surface area contributed by atoms with E-state index in [2.05, 4.69) is 21.2 Å². The van der Waals surface area contributed by atoms with E-state index in [0.29, 0.717) is 0 Å². The molecule has 0 saturated heterocycles. The van der Waals surface area contributed by atoms with Crippen molar-refractivity contribution in [2.75, 3.05) is 0 Å². The van der Waals surface area contributed by atoms with Crippen LogP contribution < -0.4 is 5.84 Å². The third-order valence-electron chi connectivity index (χ3n) is 0.221. The summed E-state index contributed by atoms with van der Waals surface area (Å²) >= 11 is 0. The first-order valence-corrected chi connectivity index (χ1v) is 1.42. The minimum Gasteiger partial charge on any atom is -0.322 e. The average Bonchev–Trinajstić information content (AvgIpc) is 1.69. The van der Waals surface area contributed by atoms with Crippen LogP contribution in [0.5, 0.6) is 0 Å². The molecule has 5 heteroatoms. The Morgan fingerprint density at radius 2 is 2.43 bits per heavy atom. The smallest absolute Gasteiger partial charge is 0.226 e. The Hall–Kier alpha value is -1.44. The van der Waals surface area contributed by atoms with Gasteiger partial charge in [-0.2, -0.15) is 10.4 Å². The van der Waals surface area contributed by atoms with Gasteiger partial charge in [-0.05, 0) is 0 Å². The predicted octanol–water partition coefficient (Wildman–Crippen LogP) is -0.178. The van der Waals surface area contributed by atoms with Crippen LogP contribution >= 0.6 is 0 Å². The molecule has 0 aromatic carbocycles. The minimum absolute atomic E-state index is 0.975. The van der Waals surface area contributed by atoms with Gasteiger partial charge in [0.05, 0.1) is 0 Å². The normalized spacial score (nSPS) is 10.1. The van der Waals surface area contributed by atoms with E-state index in [0.717, 1.165) is 6.34 Å². The van der Waals surface area contributed by atoms with Gasteiger partial charge in [-0.25, -0.2) is 0 Å². The van der Waals surface area contributed by atoms with E-state index >= 15 is 0 Å². The lowest BCUT2D eigenvalue weighted by atomic mass is 11.3. The Bertz CT molecular complexity index is 117. The highest BCUT2D eigenvalue weighted by atomic mass is 15.2. The Kier molecular flexibility index (Phi) is 3.62. The Morgan fingerprint density at radius 3 is 2.86 bits per heavy atom. The number of azo groups is 1. The molecule has 36 valence electrons. The summed E-state index contributed by atoms with van der Waals surface area (Å²) in [7, 11) is 0. The molecule has 0 aliphatic rings. The second kappa shape index (κ2) is 4.56. The van der Waals surface area contributed by atoms with Crippen LogP contribution in [0, 0.1) is 11.5 Å². The average molecular weight is 97.1 g/mol. The highest BCUT2D eigenvalue weighted by Crippen LogP contribution is 1.61. The highest BCUT2D eigenvalue weighted by molar-refractivity contribution is 5.53. The van der Waals surface area contributed by atoms with E-state index in [4.69, 9.17) is 5.26 Å². The van der Waals surface area contributed by atoms with Crippen molar-refractivity contribution in [2.45, 2.75) is 0 Å². The van der Waals surface area contributed by atoms with Gasteiger partial charge in [0.2, 0.25) is 6.19 Å². The summed E-state index contributed by atoms with van der Waals surface area (Å²) in [4.78, 5) is 0. The standard InChI is InChI=1S/C2H3N5/c3-1-6-7-2-5-4/h2H,4H2. The Morgan fingerprint density at radius 1 is 1.71 bits per heavy atom. The zero-order chi connectivity index (χ0) is 5.54. The fourth-order valence-corrected chi connectivity index (χ4v) is 0.0815. The van der Waals surface area contributed by atoms with Gasteiger partial charge < -0.3 is 5.84 Å². The van der Waals surface area contributed by atoms with Crippen molar-refractivity contribution in [1.29, 1.82) is 5.26 Å². The number of rotatable bonds is 1. The molecule has 0 spiro atoms. The third-order valence-corrected chi connectivity index (χ3v) is 0.221. The van der Waals surface area contributed by atoms with Gasteiger partial charge in [0.1, 0.15) is 0 Å². The molecule has 0 saturated carbocycles. The van der Waals surface area contributed by atoms with Crippen molar-refractivity contribution in [2.24, 2.45) is 21.2 Å². The Balaban J connectivity index is 3.33. The van der Waals surface area contributed by atoms with Crippen LogP contribution in [0.25, 0.3) is 0 Å². The number of hydrogen-bond acceptors (Lipinski definition) is 4. The highest BCUT2D eigenvalue weighted by Gasteiger charge is 1.56. The molecular weight excluding hydrogens is 94.1 g/mol. The molecule has 5 nitrogen and oxygen atoms in total. The van der Waals surface area contributed by atoms with E-state index in [-0.39, 0.29) is 0 Å². The lowest BCUT2D eigenvalue weighted by Gasteiger charge is -1.62. The van der Waals surface area contributed by atoms with Gasteiger partial charge in [-0.3, -0.25) is 0 Å². The molecule has 0 unspecified atom stereocenters. The van der Waals surface area contributed by atoms with Crippen molar-refractivity contribution in [1.82, 2.24) is 0 Å². The van der Waals surface area contributed by atoms with Gasteiger partial charge >= 0.3 is 0 Å². The van der Waals surface area contributed by atoms with E-state index < -0.39 is 0 Å². The molecule has 0 aromatic rings. The zero-order valence-electron chi connectivity index (χ0n) is 3.44. The summed E-state index contributed by atoms with van der Waals surface area (Å²) in [5.41, 5.74) is 0. The molecule has 0 fully saturated rings. The van der Waals surface area contributed by atoms with Crippen molar-refractivity contribution in [3.63, 3.8) is 0 Å². The summed E-state index contributed by atoms with van der Waals surface area (Å²) in [5, 5.41) is 16.5. The minimum atomic E-state index is 0.975. The fraction of sp³-hybridized carbons (Fsp3) is 0. The van der Waals surface area contributed by atoms with Gasteiger partial charge in [0.25, 0.3) is 0 Å². The maximum atomic E-state index is 7.68. The lowest BCUT2D eigenvalue weighted by Crippen LogP contribution is -1.76. The molecule has 0 aromatic heterocycles. The van der Waals surface area contributed by atoms with Gasteiger partial charge in [0, 0.05) is 0 Å². The van der Waals surface area contributed by atoms with E-state index in [1.165, 1.54) is 6.19 Å². The predicted molar refractivity (Wildman–Crippen MR) is 23.1 cm³/mol. The molecule has 0 rings (SSSR count). The summed E-state index contributed by atoms with van der Waals surface area (Å²) in [5.74, 6) is 4.58. The van der Waals surface area contributed by atoms with Crippen LogP contribution in [0.2, 0.25) is 0 Å². The first-order chi connectivity index (χ1) is 3.41. The van der Waals surface area contributed by atoms with E-state index in [1.54, 1.807) is 0 Å². The summed E-state index contributed by atoms with van der Waals surface area (Å²) < 4.78 is 0. The molecule has 7 heavy (non-hydrogen) atoms. The molecule has 2 N–H and O–H groups in total. The van der Waals surface area contributed by atoms with Gasteiger partial charge in [-0.1, -0.05) is 5.11 Å². The SMILES string of the molecule is N#CN=NC=NN. The second-order valence-corrected chi connectivity index (χ2v) is 0.580.